The molecule has 0 saturated carbocycles. The molecule has 0 spiro atoms. The number of amides is 1. The fraction of sp³-hybridized carbons (Fsp3) is 0.286. The number of esters is 1. The predicted octanol–water partition coefficient (Wildman–Crippen LogP) is 3.44. The molecule has 0 unspecified atom stereocenters. The molecular weight excluding hydrogens is 460 g/mol. The number of aromatic nitrogens is 1. The van der Waals surface area contributed by atoms with Gasteiger partial charge in [0.05, 0.1) is 28.0 Å². The molecule has 3 aromatic rings. The van der Waals surface area contributed by atoms with Gasteiger partial charge in [-0.1, -0.05) is 22.9 Å². The third kappa shape index (κ3) is 5.41. The molecule has 0 aliphatic carbocycles. The number of benzene rings is 2. The summed E-state index contributed by atoms with van der Waals surface area (Å²) in [4.78, 5) is 28.9. The van der Waals surface area contributed by atoms with Crippen molar-refractivity contribution in [2.24, 2.45) is 4.99 Å². The Morgan fingerprint density at radius 1 is 1.13 bits per heavy atom. The van der Waals surface area contributed by atoms with E-state index in [2.05, 4.69) is 4.99 Å². The van der Waals surface area contributed by atoms with Crippen molar-refractivity contribution in [2.45, 2.75) is 31.7 Å². The first kappa shape index (κ1) is 23.2. The van der Waals surface area contributed by atoms with Crippen LogP contribution in [0.1, 0.15) is 17.5 Å². The number of hydrogen-bond donors (Lipinski definition) is 0. The Bertz CT molecular complexity index is 1320. The lowest BCUT2D eigenvalue weighted by Crippen LogP contribution is -2.23. The summed E-state index contributed by atoms with van der Waals surface area (Å²) in [5.74, 6) is -1.44. The maximum Gasteiger partial charge on any atom is 0.325 e. The van der Waals surface area contributed by atoms with Gasteiger partial charge in [0.15, 0.2) is 14.6 Å². The van der Waals surface area contributed by atoms with E-state index in [0.717, 1.165) is 21.3 Å². The summed E-state index contributed by atoms with van der Waals surface area (Å²) in [6.07, 6.45) is -0.282. The van der Waals surface area contributed by atoms with Crippen LogP contribution < -0.4 is 4.80 Å². The molecule has 0 N–H and O–H groups in total. The summed E-state index contributed by atoms with van der Waals surface area (Å²) >= 11 is 7.06. The van der Waals surface area contributed by atoms with E-state index < -0.39 is 21.7 Å². The Morgan fingerprint density at radius 3 is 2.42 bits per heavy atom. The summed E-state index contributed by atoms with van der Waals surface area (Å²) in [5.41, 5.74) is 2.88. The van der Waals surface area contributed by atoms with Gasteiger partial charge in [-0.2, -0.15) is 4.99 Å². The molecule has 7 nitrogen and oxygen atoms in total. The largest absolute Gasteiger partial charge is 0.468 e. The quantitative estimate of drug-likeness (QED) is 0.504. The smallest absolute Gasteiger partial charge is 0.325 e. The molecular formula is C21H21ClN2O5S2. The minimum Gasteiger partial charge on any atom is -0.468 e. The van der Waals surface area contributed by atoms with Crippen LogP contribution in [0.5, 0.6) is 0 Å². The number of carbonyl (C=O) groups excluding carboxylic acids is 2. The second-order valence-electron chi connectivity index (χ2n) is 6.98. The summed E-state index contributed by atoms with van der Waals surface area (Å²) in [7, 11) is -2.36. The zero-order valence-electron chi connectivity index (χ0n) is 17.2. The predicted molar refractivity (Wildman–Crippen MR) is 120 cm³/mol. The molecule has 0 radical (unpaired) electrons. The highest BCUT2D eigenvalue weighted by molar-refractivity contribution is 7.91. The van der Waals surface area contributed by atoms with E-state index >= 15 is 0 Å². The second kappa shape index (κ2) is 9.33. The maximum atomic E-state index is 12.5. The molecule has 1 heterocycles. The molecule has 0 saturated heterocycles. The van der Waals surface area contributed by atoms with Crippen LogP contribution in [0.3, 0.4) is 0 Å². The average Bonchev–Trinajstić information content (AvgIpc) is 3.03. The lowest BCUT2D eigenvalue weighted by atomic mass is 10.1. The van der Waals surface area contributed by atoms with Crippen LogP contribution in [0.4, 0.5) is 0 Å². The van der Waals surface area contributed by atoms with Gasteiger partial charge in [0.2, 0.25) is 5.91 Å². The van der Waals surface area contributed by atoms with Gasteiger partial charge in [0.25, 0.3) is 0 Å². The molecule has 10 heteroatoms. The molecule has 0 aliphatic heterocycles. The number of carbonyl (C=O) groups is 2. The van der Waals surface area contributed by atoms with Gasteiger partial charge in [0, 0.05) is 11.4 Å². The van der Waals surface area contributed by atoms with Gasteiger partial charge in [-0.3, -0.25) is 9.59 Å². The number of thiazole rings is 1. The van der Waals surface area contributed by atoms with Crippen molar-refractivity contribution in [3.8, 4) is 0 Å². The number of rotatable bonds is 6. The number of methoxy groups -OCH3 is 1. The Morgan fingerprint density at radius 2 is 1.77 bits per heavy atom. The monoisotopic (exact) mass is 480 g/mol. The number of nitrogens with zero attached hydrogens (tertiary/aromatic N) is 2. The number of hydrogen-bond acceptors (Lipinski definition) is 6. The van der Waals surface area contributed by atoms with Gasteiger partial charge >= 0.3 is 5.97 Å². The Hall–Kier alpha value is -2.49. The number of halogens is 1. The highest BCUT2D eigenvalue weighted by atomic mass is 35.5. The topological polar surface area (TPSA) is 94.8 Å². The van der Waals surface area contributed by atoms with E-state index in [1.807, 2.05) is 26.0 Å². The minimum atomic E-state index is -3.65. The van der Waals surface area contributed by atoms with E-state index in [4.69, 9.17) is 16.3 Å². The summed E-state index contributed by atoms with van der Waals surface area (Å²) < 4.78 is 32.2. The van der Waals surface area contributed by atoms with Crippen molar-refractivity contribution < 1.29 is 22.7 Å². The van der Waals surface area contributed by atoms with Gasteiger partial charge in [-0.15, -0.1) is 0 Å². The van der Waals surface area contributed by atoms with Crippen molar-refractivity contribution in [1.82, 2.24) is 4.57 Å². The third-order valence-electron chi connectivity index (χ3n) is 4.79. The van der Waals surface area contributed by atoms with Crippen LogP contribution >= 0.6 is 22.9 Å². The van der Waals surface area contributed by atoms with E-state index in [1.54, 1.807) is 4.57 Å². The number of aryl methyl sites for hydroxylation is 2. The highest BCUT2D eigenvalue weighted by Crippen LogP contribution is 2.22. The van der Waals surface area contributed by atoms with Crippen LogP contribution in [0.15, 0.2) is 46.3 Å². The van der Waals surface area contributed by atoms with Crippen LogP contribution in [-0.2, 0) is 30.7 Å². The van der Waals surface area contributed by atoms with Gasteiger partial charge in [-0.25, -0.2) is 8.42 Å². The van der Waals surface area contributed by atoms with E-state index in [9.17, 15) is 18.0 Å². The molecule has 164 valence electrons. The SMILES string of the molecule is COC(=O)Cn1c(=NC(=O)CCS(=O)(=O)c2ccc(Cl)cc2)sc2cc(C)c(C)cc21. The van der Waals surface area contributed by atoms with E-state index in [-0.39, 0.29) is 23.6 Å². The fourth-order valence-corrected chi connectivity index (χ4v) is 5.38. The van der Waals surface area contributed by atoms with E-state index in [0.29, 0.717) is 9.82 Å². The number of fused-ring (bicyclic) bond motifs is 1. The Labute approximate surface area is 188 Å². The third-order valence-corrected chi connectivity index (χ3v) is 7.82. The minimum absolute atomic E-state index is 0.0956. The van der Waals surface area contributed by atoms with Crippen LogP contribution in [-0.4, -0.2) is 37.7 Å². The standard InChI is InChI=1S/C21H21ClN2O5S2/c1-13-10-17-18(11-14(13)2)30-21(24(17)12-20(26)29-3)23-19(25)8-9-31(27,28)16-6-4-15(22)5-7-16/h4-7,10-11H,8-9,12H2,1-3H3. The molecule has 3 rings (SSSR count). The van der Waals surface area contributed by atoms with Gasteiger partial charge in [-0.05, 0) is 61.4 Å². The van der Waals surface area contributed by atoms with Crippen LogP contribution in [0, 0.1) is 13.8 Å². The summed E-state index contributed by atoms with van der Waals surface area (Å²) in [5, 5.41) is 0.426. The van der Waals surface area contributed by atoms with Gasteiger partial charge < -0.3 is 9.30 Å². The van der Waals surface area contributed by atoms with Crippen molar-refractivity contribution in [1.29, 1.82) is 0 Å². The van der Waals surface area contributed by atoms with Crippen molar-refractivity contribution >= 4 is 54.9 Å². The lowest BCUT2D eigenvalue weighted by molar-refractivity contribution is -0.141. The maximum absolute atomic E-state index is 12.5. The highest BCUT2D eigenvalue weighted by Gasteiger charge is 2.17. The summed E-state index contributed by atoms with van der Waals surface area (Å²) in [6.45, 7) is 3.83. The second-order valence-corrected chi connectivity index (χ2v) is 10.5. The molecule has 1 aromatic heterocycles. The zero-order chi connectivity index (χ0) is 22.8. The normalized spacial score (nSPS) is 12.3. The van der Waals surface area contributed by atoms with E-state index in [1.165, 1.54) is 42.7 Å². The van der Waals surface area contributed by atoms with Crippen molar-refractivity contribution in [3.63, 3.8) is 0 Å². The molecule has 2 aromatic carbocycles. The summed E-state index contributed by atoms with van der Waals surface area (Å²) in [6, 6.07) is 9.67. The molecule has 0 fully saturated rings. The molecule has 0 bridgehead atoms. The van der Waals surface area contributed by atoms with Gasteiger partial charge in [0.1, 0.15) is 6.54 Å². The first-order chi connectivity index (χ1) is 14.6. The first-order valence-corrected chi connectivity index (χ1v) is 12.2. The first-order valence-electron chi connectivity index (χ1n) is 9.34. The fourth-order valence-electron chi connectivity index (χ4n) is 2.90. The van der Waals surface area contributed by atoms with Crippen molar-refractivity contribution in [2.75, 3.05) is 12.9 Å². The van der Waals surface area contributed by atoms with Crippen LogP contribution in [0.2, 0.25) is 5.02 Å². The molecule has 31 heavy (non-hydrogen) atoms. The molecule has 1 amide bonds. The lowest BCUT2D eigenvalue weighted by Gasteiger charge is -2.06. The Kier molecular flexibility index (Phi) is 6.98. The Balaban J connectivity index is 1.91. The molecule has 0 aliphatic rings. The number of sulfone groups is 1. The molecule has 0 atom stereocenters. The van der Waals surface area contributed by atoms with Crippen LogP contribution in [0.25, 0.3) is 10.2 Å². The average molecular weight is 481 g/mol. The zero-order valence-corrected chi connectivity index (χ0v) is 19.6. The number of ether oxygens (including phenoxy) is 1. The van der Waals surface area contributed by atoms with Crippen molar-refractivity contribution in [3.05, 3.63) is 57.3 Å².